The average Bonchev–Trinajstić information content (AvgIpc) is 2.37. The van der Waals surface area contributed by atoms with Crippen LogP contribution in [0.15, 0.2) is 0 Å². The Balaban J connectivity index is 2.69. The number of aliphatic hydroxyl groups excluding tert-OH is 3. The van der Waals surface area contributed by atoms with Crippen LogP contribution in [0.4, 0.5) is 0 Å². The maximum atomic E-state index is 12.0. The molecule has 1 saturated carbocycles. The highest BCUT2D eigenvalue weighted by atomic mass is 16.3. The van der Waals surface area contributed by atoms with Crippen molar-refractivity contribution in [3.8, 4) is 0 Å². The van der Waals surface area contributed by atoms with Crippen molar-refractivity contribution in [3.63, 3.8) is 0 Å². The fourth-order valence-corrected chi connectivity index (χ4v) is 2.04. The summed E-state index contributed by atoms with van der Waals surface area (Å²) in [7, 11) is 0. The average molecular weight is 246 g/mol. The molecule has 6 N–H and O–H groups in total. The van der Waals surface area contributed by atoms with Crippen LogP contribution in [0.2, 0.25) is 0 Å². The summed E-state index contributed by atoms with van der Waals surface area (Å²) in [6.45, 7) is -1.58. The van der Waals surface area contributed by atoms with Crippen LogP contribution in [0.1, 0.15) is 32.1 Å². The number of rotatable bonds is 5. The standard InChI is InChI=1S/C11H22N2O4/c12-11(4-2-1-3-5-11)9(17)13-10(6-14,7-15)8-16/h14-16H,1-8,12H2,(H,13,17). The molecule has 1 aliphatic carbocycles. The van der Waals surface area contributed by atoms with E-state index in [1.54, 1.807) is 0 Å². The van der Waals surface area contributed by atoms with Gasteiger partial charge in [0.15, 0.2) is 0 Å². The first-order chi connectivity index (χ1) is 8.02. The van der Waals surface area contributed by atoms with Gasteiger partial charge in [-0.2, -0.15) is 0 Å². The number of nitrogens with two attached hydrogens (primary N) is 1. The lowest BCUT2D eigenvalue weighted by atomic mass is 9.81. The van der Waals surface area contributed by atoms with Crippen LogP contribution in [-0.2, 0) is 4.79 Å². The number of carbonyl (C=O) groups excluding carboxylic acids is 1. The molecular formula is C11H22N2O4. The van der Waals surface area contributed by atoms with Gasteiger partial charge in [0.1, 0.15) is 5.54 Å². The Morgan fingerprint density at radius 3 is 2.00 bits per heavy atom. The van der Waals surface area contributed by atoms with Crippen LogP contribution < -0.4 is 11.1 Å². The highest BCUT2D eigenvalue weighted by Crippen LogP contribution is 2.26. The molecule has 6 nitrogen and oxygen atoms in total. The van der Waals surface area contributed by atoms with Gasteiger partial charge in [-0.3, -0.25) is 4.79 Å². The second-order valence-corrected chi connectivity index (χ2v) is 4.93. The predicted molar refractivity (Wildman–Crippen MR) is 62.1 cm³/mol. The molecule has 0 radical (unpaired) electrons. The third-order valence-corrected chi connectivity index (χ3v) is 3.48. The van der Waals surface area contributed by atoms with Crippen molar-refractivity contribution in [2.75, 3.05) is 19.8 Å². The number of hydrogen-bond acceptors (Lipinski definition) is 5. The van der Waals surface area contributed by atoms with Gasteiger partial charge in [-0.05, 0) is 12.8 Å². The molecule has 0 aliphatic heterocycles. The molecular weight excluding hydrogens is 224 g/mol. The lowest BCUT2D eigenvalue weighted by Crippen LogP contribution is -2.64. The van der Waals surface area contributed by atoms with Gasteiger partial charge in [0.2, 0.25) is 5.91 Å². The van der Waals surface area contributed by atoms with E-state index in [0.29, 0.717) is 12.8 Å². The molecule has 0 saturated heterocycles. The van der Waals surface area contributed by atoms with Gasteiger partial charge in [-0.1, -0.05) is 19.3 Å². The van der Waals surface area contributed by atoms with Crippen molar-refractivity contribution in [1.29, 1.82) is 0 Å². The van der Waals surface area contributed by atoms with Crippen molar-refractivity contribution in [2.24, 2.45) is 5.73 Å². The first-order valence-electron chi connectivity index (χ1n) is 5.96. The number of aliphatic hydroxyl groups is 3. The molecule has 17 heavy (non-hydrogen) atoms. The van der Waals surface area contributed by atoms with Crippen molar-refractivity contribution >= 4 is 5.91 Å². The first kappa shape index (κ1) is 14.4. The summed E-state index contributed by atoms with van der Waals surface area (Å²) in [4.78, 5) is 12.0. The molecule has 0 spiro atoms. The Morgan fingerprint density at radius 1 is 1.12 bits per heavy atom. The number of nitrogens with one attached hydrogen (secondary N) is 1. The van der Waals surface area contributed by atoms with E-state index in [0.717, 1.165) is 19.3 Å². The van der Waals surface area contributed by atoms with E-state index in [9.17, 15) is 4.79 Å². The third kappa shape index (κ3) is 3.16. The zero-order valence-electron chi connectivity index (χ0n) is 9.98. The molecule has 1 rings (SSSR count). The zero-order valence-corrected chi connectivity index (χ0v) is 9.98. The van der Waals surface area contributed by atoms with Crippen molar-refractivity contribution in [2.45, 2.75) is 43.2 Å². The Morgan fingerprint density at radius 2 is 1.59 bits per heavy atom. The lowest BCUT2D eigenvalue weighted by Gasteiger charge is -2.37. The third-order valence-electron chi connectivity index (χ3n) is 3.48. The predicted octanol–water partition coefficient (Wildman–Crippen LogP) is -1.52. The van der Waals surface area contributed by atoms with E-state index in [1.807, 2.05) is 0 Å². The molecule has 0 atom stereocenters. The molecule has 1 fully saturated rings. The largest absolute Gasteiger partial charge is 0.394 e. The molecule has 6 heteroatoms. The SMILES string of the molecule is NC1(C(=O)NC(CO)(CO)CO)CCCCC1. The maximum absolute atomic E-state index is 12.0. The molecule has 1 aliphatic rings. The molecule has 0 heterocycles. The highest BCUT2D eigenvalue weighted by Gasteiger charge is 2.40. The second-order valence-electron chi connectivity index (χ2n) is 4.93. The minimum absolute atomic E-state index is 0.408. The fraction of sp³-hybridized carbons (Fsp3) is 0.909. The van der Waals surface area contributed by atoms with Crippen LogP contribution in [0.3, 0.4) is 0 Å². The molecule has 0 aromatic carbocycles. The van der Waals surface area contributed by atoms with Gasteiger partial charge in [-0.15, -0.1) is 0 Å². The van der Waals surface area contributed by atoms with E-state index < -0.39 is 36.8 Å². The summed E-state index contributed by atoms with van der Waals surface area (Å²) in [5.41, 5.74) is 3.69. The fourth-order valence-electron chi connectivity index (χ4n) is 2.04. The molecule has 0 bridgehead atoms. The smallest absolute Gasteiger partial charge is 0.240 e. The zero-order chi connectivity index (χ0) is 12.9. The molecule has 0 aromatic rings. The lowest BCUT2D eigenvalue weighted by molar-refractivity contribution is -0.131. The van der Waals surface area contributed by atoms with Gasteiger partial charge in [0.05, 0.1) is 25.4 Å². The minimum atomic E-state index is -1.39. The maximum Gasteiger partial charge on any atom is 0.240 e. The number of carbonyl (C=O) groups is 1. The van der Waals surface area contributed by atoms with E-state index in [1.165, 1.54) is 0 Å². The monoisotopic (exact) mass is 246 g/mol. The van der Waals surface area contributed by atoms with E-state index >= 15 is 0 Å². The number of amides is 1. The minimum Gasteiger partial charge on any atom is -0.394 e. The topological polar surface area (TPSA) is 116 Å². The van der Waals surface area contributed by atoms with Crippen LogP contribution in [0.25, 0.3) is 0 Å². The van der Waals surface area contributed by atoms with Gasteiger partial charge in [-0.25, -0.2) is 0 Å². The molecule has 100 valence electrons. The Kier molecular flexibility index (Phi) is 4.88. The summed E-state index contributed by atoms with van der Waals surface area (Å²) < 4.78 is 0. The first-order valence-corrected chi connectivity index (χ1v) is 5.96. The number of hydrogen-bond donors (Lipinski definition) is 5. The quantitative estimate of drug-likeness (QED) is 0.404. The van der Waals surface area contributed by atoms with Crippen LogP contribution in [0.5, 0.6) is 0 Å². The van der Waals surface area contributed by atoms with Crippen LogP contribution in [0, 0.1) is 0 Å². The molecule has 1 amide bonds. The van der Waals surface area contributed by atoms with E-state index in [4.69, 9.17) is 21.1 Å². The Bertz CT molecular complexity index is 252. The van der Waals surface area contributed by atoms with E-state index in [-0.39, 0.29) is 0 Å². The Labute approximate surface area is 101 Å². The van der Waals surface area contributed by atoms with Gasteiger partial charge in [0.25, 0.3) is 0 Å². The van der Waals surface area contributed by atoms with Gasteiger partial charge < -0.3 is 26.4 Å². The van der Waals surface area contributed by atoms with E-state index in [2.05, 4.69) is 5.32 Å². The molecule has 0 aromatic heterocycles. The second kappa shape index (κ2) is 5.77. The summed E-state index contributed by atoms with van der Waals surface area (Å²) in [6, 6.07) is 0. The normalized spacial score (nSPS) is 20.0. The van der Waals surface area contributed by atoms with Crippen molar-refractivity contribution in [1.82, 2.24) is 5.32 Å². The van der Waals surface area contributed by atoms with Gasteiger partial charge >= 0.3 is 0 Å². The highest BCUT2D eigenvalue weighted by molar-refractivity contribution is 5.86. The summed E-state index contributed by atoms with van der Waals surface area (Å²) >= 11 is 0. The summed E-state index contributed by atoms with van der Waals surface area (Å²) in [6.07, 6.45) is 4.05. The molecule has 0 unspecified atom stereocenters. The van der Waals surface area contributed by atoms with Crippen molar-refractivity contribution < 1.29 is 20.1 Å². The Hall–Kier alpha value is -0.690. The van der Waals surface area contributed by atoms with Crippen LogP contribution >= 0.6 is 0 Å². The van der Waals surface area contributed by atoms with Crippen LogP contribution in [-0.4, -0.2) is 52.1 Å². The van der Waals surface area contributed by atoms with Gasteiger partial charge in [0, 0.05) is 0 Å². The summed E-state index contributed by atoms with van der Waals surface area (Å²) in [5.74, 6) is -0.408. The summed E-state index contributed by atoms with van der Waals surface area (Å²) in [5, 5.41) is 29.9. The van der Waals surface area contributed by atoms with Crippen molar-refractivity contribution in [3.05, 3.63) is 0 Å².